The summed E-state index contributed by atoms with van der Waals surface area (Å²) in [6.07, 6.45) is 0.196. The van der Waals surface area contributed by atoms with Crippen molar-refractivity contribution in [2.24, 2.45) is 5.73 Å². The molecule has 0 unspecified atom stereocenters. The molecule has 0 saturated carbocycles. The quantitative estimate of drug-likeness (QED) is 0.861. The molecule has 2 N–H and O–H groups in total. The zero-order chi connectivity index (χ0) is 18.4. The molecule has 0 bridgehead atoms. The lowest BCUT2D eigenvalue weighted by Gasteiger charge is -2.38. The van der Waals surface area contributed by atoms with Crippen LogP contribution in [-0.4, -0.2) is 38.9 Å². The number of nitrogens with two attached hydrogens (primary N) is 1. The summed E-state index contributed by atoms with van der Waals surface area (Å²) in [6, 6.07) is 15.7. The van der Waals surface area contributed by atoms with E-state index < -0.39 is 6.09 Å². The second-order valence-electron chi connectivity index (χ2n) is 6.21. The first-order chi connectivity index (χ1) is 12.7. The van der Waals surface area contributed by atoms with Crippen molar-refractivity contribution in [3.63, 3.8) is 0 Å². The van der Waals surface area contributed by atoms with Crippen molar-refractivity contribution in [2.75, 3.05) is 42.6 Å². The van der Waals surface area contributed by atoms with E-state index in [0.29, 0.717) is 5.75 Å². The molecule has 0 atom stereocenters. The minimum atomic E-state index is -0.796. The predicted octanol–water partition coefficient (Wildman–Crippen LogP) is 3.26. The minimum absolute atomic E-state index is 0.468. The van der Waals surface area contributed by atoms with Crippen LogP contribution >= 0.6 is 0 Å². The number of para-hydroxylation sites is 2. The molecule has 26 heavy (non-hydrogen) atoms. The van der Waals surface area contributed by atoms with Gasteiger partial charge in [0.1, 0.15) is 11.5 Å². The van der Waals surface area contributed by atoms with Crippen molar-refractivity contribution in [2.45, 2.75) is 13.3 Å². The number of hydrogen-bond acceptors (Lipinski definition) is 5. The van der Waals surface area contributed by atoms with Crippen LogP contribution in [0.5, 0.6) is 11.5 Å². The SMILES string of the molecule is CCCOc1ccccc1N1CCN(c2cccc(OC(N)=O)c2)CC1. The smallest absolute Gasteiger partial charge is 0.409 e. The molecule has 3 rings (SSSR count). The van der Waals surface area contributed by atoms with Crippen LogP contribution in [0.3, 0.4) is 0 Å². The maximum Gasteiger partial charge on any atom is 0.409 e. The number of carbonyl (C=O) groups is 1. The topological polar surface area (TPSA) is 68.0 Å². The second-order valence-corrected chi connectivity index (χ2v) is 6.21. The lowest BCUT2D eigenvalue weighted by Crippen LogP contribution is -2.46. The Bertz CT molecular complexity index is 743. The fourth-order valence-corrected chi connectivity index (χ4v) is 3.12. The molecule has 0 aliphatic carbocycles. The molecule has 0 spiro atoms. The summed E-state index contributed by atoms with van der Waals surface area (Å²) in [5.74, 6) is 1.41. The minimum Gasteiger partial charge on any atom is -0.491 e. The molecule has 0 radical (unpaired) electrons. The fourth-order valence-electron chi connectivity index (χ4n) is 3.12. The van der Waals surface area contributed by atoms with Crippen molar-refractivity contribution in [3.05, 3.63) is 48.5 Å². The fraction of sp³-hybridized carbons (Fsp3) is 0.350. The van der Waals surface area contributed by atoms with Crippen molar-refractivity contribution in [1.29, 1.82) is 0 Å². The number of rotatable bonds is 6. The van der Waals surface area contributed by atoms with Gasteiger partial charge in [0.25, 0.3) is 0 Å². The third-order valence-corrected chi connectivity index (χ3v) is 4.35. The van der Waals surface area contributed by atoms with Crippen LogP contribution in [0.1, 0.15) is 13.3 Å². The number of carbonyl (C=O) groups excluding carboxylic acids is 1. The summed E-state index contributed by atoms with van der Waals surface area (Å²) in [7, 11) is 0. The highest BCUT2D eigenvalue weighted by Gasteiger charge is 2.20. The first kappa shape index (κ1) is 17.9. The van der Waals surface area contributed by atoms with Gasteiger partial charge < -0.3 is 25.0 Å². The maximum absolute atomic E-state index is 10.9. The van der Waals surface area contributed by atoms with Gasteiger partial charge in [-0.1, -0.05) is 25.1 Å². The molecule has 2 aromatic carbocycles. The molecule has 1 aliphatic rings. The highest BCUT2D eigenvalue weighted by molar-refractivity contribution is 5.69. The van der Waals surface area contributed by atoms with Crippen LogP contribution in [0, 0.1) is 0 Å². The first-order valence-corrected chi connectivity index (χ1v) is 8.96. The normalized spacial score (nSPS) is 14.2. The van der Waals surface area contributed by atoms with E-state index in [9.17, 15) is 4.79 Å². The average molecular weight is 355 g/mol. The van der Waals surface area contributed by atoms with Gasteiger partial charge >= 0.3 is 6.09 Å². The van der Waals surface area contributed by atoms with Gasteiger partial charge in [-0.2, -0.15) is 0 Å². The number of amides is 1. The lowest BCUT2D eigenvalue weighted by molar-refractivity contribution is 0.211. The molecular formula is C20H25N3O3. The Hall–Kier alpha value is -2.89. The average Bonchev–Trinajstić information content (AvgIpc) is 2.66. The van der Waals surface area contributed by atoms with Gasteiger partial charge in [0.2, 0.25) is 0 Å². The van der Waals surface area contributed by atoms with E-state index >= 15 is 0 Å². The summed E-state index contributed by atoms with van der Waals surface area (Å²) >= 11 is 0. The number of primary amides is 1. The summed E-state index contributed by atoms with van der Waals surface area (Å²) in [5.41, 5.74) is 7.26. The molecule has 6 heteroatoms. The van der Waals surface area contributed by atoms with Gasteiger partial charge in [0, 0.05) is 37.9 Å². The van der Waals surface area contributed by atoms with Crippen molar-refractivity contribution < 1.29 is 14.3 Å². The van der Waals surface area contributed by atoms with Crippen LogP contribution in [0.25, 0.3) is 0 Å². The number of piperazine rings is 1. The van der Waals surface area contributed by atoms with E-state index in [1.54, 1.807) is 6.07 Å². The third kappa shape index (κ3) is 4.39. The van der Waals surface area contributed by atoms with E-state index in [2.05, 4.69) is 22.8 Å². The van der Waals surface area contributed by atoms with Crippen LogP contribution in [0.15, 0.2) is 48.5 Å². The number of anilines is 2. The standard InChI is InChI=1S/C20H25N3O3/c1-2-14-25-19-9-4-3-8-18(19)23-12-10-22(11-13-23)16-6-5-7-17(15-16)26-20(21)24/h3-9,15H,2,10-14H2,1H3,(H2,21,24). The molecule has 0 aromatic heterocycles. The molecule has 138 valence electrons. The first-order valence-electron chi connectivity index (χ1n) is 8.96. The Morgan fingerprint density at radius 2 is 1.77 bits per heavy atom. The molecule has 1 fully saturated rings. The van der Waals surface area contributed by atoms with Crippen LogP contribution in [0.2, 0.25) is 0 Å². The van der Waals surface area contributed by atoms with Crippen molar-refractivity contribution >= 4 is 17.5 Å². The van der Waals surface area contributed by atoms with Gasteiger partial charge in [0.15, 0.2) is 0 Å². The van der Waals surface area contributed by atoms with Crippen LogP contribution in [-0.2, 0) is 0 Å². The Morgan fingerprint density at radius 3 is 2.50 bits per heavy atom. The largest absolute Gasteiger partial charge is 0.491 e. The van der Waals surface area contributed by atoms with E-state index in [4.69, 9.17) is 15.2 Å². The second kappa shape index (κ2) is 8.47. The van der Waals surface area contributed by atoms with E-state index in [1.165, 1.54) is 0 Å². The van der Waals surface area contributed by atoms with E-state index in [-0.39, 0.29) is 0 Å². The Labute approximate surface area is 154 Å². The van der Waals surface area contributed by atoms with E-state index in [1.807, 2.05) is 36.4 Å². The number of benzene rings is 2. The number of hydrogen-bond donors (Lipinski definition) is 1. The molecule has 6 nitrogen and oxygen atoms in total. The highest BCUT2D eigenvalue weighted by Crippen LogP contribution is 2.30. The highest BCUT2D eigenvalue weighted by atomic mass is 16.5. The lowest BCUT2D eigenvalue weighted by atomic mass is 10.2. The van der Waals surface area contributed by atoms with Gasteiger partial charge in [-0.05, 0) is 30.7 Å². The van der Waals surface area contributed by atoms with Crippen molar-refractivity contribution in [1.82, 2.24) is 0 Å². The van der Waals surface area contributed by atoms with Gasteiger partial charge in [-0.3, -0.25) is 0 Å². The van der Waals surface area contributed by atoms with Gasteiger partial charge in [-0.25, -0.2) is 4.79 Å². The Balaban J connectivity index is 1.65. The summed E-state index contributed by atoms with van der Waals surface area (Å²) in [5, 5.41) is 0. The maximum atomic E-state index is 10.9. The monoisotopic (exact) mass is 355 g/mol. The Kier molecular flexibility index (Phi) is 5.84. The zero-order valence-corrected chi connectivity index (χ0v) is 15.1. The summed E-state index contributed by atoms with van der Waals surface area (Å²) in [4.78, 5) is 15.6. The molecule has 1 amide bonds. The van der Waals surface area contributed by atoms with Gasteiger partial charge in [-0.15, -0.1) is 0 Å². The molecule has 1 aliphatic heterocycles. The van der Waals surface area contributed by atoms with Crippen LogP contribution in [0.4, 0.5) is 16.2 Å². The van der Waals surface area contributed by atoms with Crippen LogP contribution < -0.4 is 25.0 Å². The number of nitrogens with zero attached hydrogens (tertiary/aromatic N) is 2. The summed E-state index contributed by atoms with van der Waals surface area (Å²) in [6.45, 7) is 6.38. The molecular weight excluding hydrogens is 330 g/mol. The van der Waals surface area contributed by atoms with Gasteiger partial charge in [0.05, 0.1) is 12.3 Å². The molecule has 2 aromatic rings. The van der Waals surface area contributed by atoms with E-state index in [0.717, 1.165) is 56.3 Å². The number of ether oxygens (including phenoxy) is 2. The third-order valence-electron chi connectivity index (χ3n) is 4.35. The Morgan fingerprint density at radius 1 is 1.04 bits per heavy atom. The zero-order valence-electron chi connectivity index (χ0n) is 15.1. The predicted molar refractivity (Wildman–Crippen MR) is 103 cm³/mol. The molecule has 1 saturated heterocycles. The molecule has 1 heterocycles. The summed E-state index contributed by atoms with van der Waals surface area (Å²) < 4.78 is 10.9. The van der Waals surface area contributed by atoms with Crippen molar-refractivity contribution in [3.8, 4) is 11.5 Å².